The van der Waals surface area contributed by atoms with E-state index in [1.54, 1.807) is 23.1 Å². The number of nitrogens with zero attached hydrogens (tertiary/aromatic N) is 3. The monoisotopic (exact) mass is 440 g/mol. The fourth-order valence-corrected chi connectivity index (χ4v) is 4.22. The number of likely N-dealkylation sites (tertiary alicyclic amines) is 1. The highest BCUT2D eigenvalue weighted by Crippen LogP contribution is 2.25. The molecule has 8 heteroatoms. The second kappa shape index (κ2) is 8.78. The van der Waals surface area contributed by atoms with Crippen LogP contribution in [0.15, 0.2) is 59.7 Å². The molecule has 0 aliphatic carbocycles. The van der Waals surface area contributed by atoms with Crippen molar-refractivity contribution in [2.75, 3.05) is 13.1 Å². The number of halogens is 1. The summed E-state index contributed by atoms with van der Waals surface area (Å²) < 4.78 is 1.43. The number of aliphatic hydroxyl groups is 1. The Morgan fingerprint density at radius 3 is 2.61 bits per heavy atom. The Morgan fingerprint density at radius 2 is 1.90 bits per heavy atom. The Balaban J connectivity index is 1.40. The van der Waals surface area contributed by atoms with E-state index in [-0.39, 0.29) is 18.0 Å². The van der Waals surface area contributed by atoms with Gasteiger partial charge in [0.05, 0.1) is 35.4 Å². The summed E-state index contributed by atoms with van der Waals surface area (Å²) in [5, 5.41) is 12.0. The van der Waals surface area contributed by atoms with Gasteiger partial charge in [-0.05, 0) is 43.0 Å². The van der Waals surface area contributed by atoms with Gasteiger partial charge in [0.1, 0.15) is 0 Å². The Morgan fingerprint density at radius 1 is 1.19 bits per heavy atom. The maximum atomic E-state index is 12.8. The standard InChI is InChI=1S/C23H25ClN4O3/c24-17-6-7-18-20(13-17)26-15-28(21(18)29)14-23(31)8-10-27(11-9-23)22(30)19(25)12-16-4-2-1-3-5-16/h1-7,13,15,19,31H,8-12,14,25H2/t19-/m1/s1. The number of hydrogen-bond acceptors (Lipinski definition) is 5. The third-order valence-electron chi connectivity index (χ3n) is 5.87. The molecule has 1 aromatic heterocycles. The van der Waals surface area contributed by atoms with Gasteiger partial charge >= 0.3 is 0 Å². The van der Waals surface area contributed by atoms with E-state index >= 15 is 0 Å². The molecule has 1 amide bonds. The van der Waals surface area contributed by atoms with Crippen LogP contribution in [0, 0.1) is 0 Å². The normalized spacial score (nSPS) is 16.9. The summed E-state index contributed by atoms with van der Waals surface area (Å²) in [6.07, 6.45) is 2.64. The van der Waals surface area contributed by atoms with E-state index in [4.69, 9.17) is 17.3 Å². The molecule has 3 N–H and O–H groups in total. The smallest absolute Gasteiger partial charge is 0.261 e. The van der Waals surface area contributed by atoms with Gasteiger partial charge in [-0.25, -0.2) is 4.98 Å². The van der Waals surface area contributed by atoms with E-state index in [1.807, 2.05) is 30.3 Å². The van der Waals surface area contributed by atoms with Gasteiger partial charge in [0.25, 0.3) is 5.56 Å². The molecule has 31 heavy (non-hydrogen) atoms. The molecule has 1 aliphatic rings. The minimum atomic E-state index is -1.09. The van der Waals surface area contributed by atoms with Gasteiger partial charge in [-0.15, -0.1) is 0 Å². The Labute approximate surface area is 185 Å². The van der Waals surface area contributed by atoms with Crippen LogP contribution in [-0.4, -0.2) is 50.2 Å². The van der Waals surface area contributed by atoms with Crippen molar-refractivity contribution in [3.05, 3.63) is 75.8 Å². The van der Waals surface area contributed by atoms with Crippen molar-refractivity contribution in [2.45, 2.75) is 37.5 Å². The minimum Gasteiger partial charge on any atom is -0.388 e. The van der Waals surface area contributed by atoms with Crippen molar-refractivity contribution >= 4 is 28.4 Å². The highest BCUT2D eigenvalue weighted by Gasteiger charge is 2.35. The number of aromatic nitrogens is 2. The predicted octanol–water partition coefficient (Wildman–Crippen LogP) is 1.97. The maximum Gasteiger partial charge on any atom is 0.261 e. The topological polar surface area (TPSA) is 101 Å². The molecule has 2 heterocycles. The van der Waals surface area contributed by atoms with Gasteiger partial charge in [0.2, 0.25) is 5.91 Å². The third-order valence-corrected chi connectivity index (χ3v) is 6.11. The molecule has 162 valence electrons. The summed E-state index contributed by atoms with van der Waals surface area (Å²) in [5.41, 5.74) is 6.36. The molecule has 0 bridgehead atoms. The van der Waals surface area contributed by atoms with Crippen LogP contribution < -0.4 is 11.3 Å². The zero-order valence-electron chi connectivity index (χ0n) is 17.1. The summed E-state index contributed by atoms with van der Waals surface area (Å²) in [5.74, 6) is -0.118. The largest absolute Gasteiger partial charge is 0.388 e. The average molecular weight is 441 g/mol. The lowest BCUT2D eigenvalue weighted by atomic mass is 9.90. The summed E-state index contributed by atoms with van der Waals surface area (Å²) in [6, 6.07) is 14.0. The number of carbonyl (C=O) groups excluding carboxylic acids is 1. The first-order valence-corrected chi connectivity index (χ1v) is 10.7. The van der Waals surface area contributed by atoms with Crippen LogP contribution >= 0.6 is 11.6 Å². The van der Waals surface area contributed by atoms with Crippen molar-refractivity contribution in [2.24, 2.45) is 5.73 Å². The van der Waals surface area contributed by atoms with Crippen molar-refractivity contribution in [1.29, 1.82) is 0 Å². The highest BCUT2D eigenvalue weighted by atomic mass is 35.5. The molecule has 0 spiro atoms. The SMILES string of the molecule is N[C@H](Cc1ccccc1)C(=O)N1CCC(O)(Cn2cnc3cc(Cl)ccc3c2=O)CC1. The van der Waals surface area contributed by atoms with Crippen molar-refractivity contribution in [3.8, 4) is 0 Å². The molecule has 1 saturated heterocycles. The van der Waals surface area contributed by atoms with Crippen LogP contribution in [0.5, 0.6) is 0 Å². The van der Waals surface area contributed by atoms with E-state index in [2.05, 4.69) is 4.98 Å². The first-order chi connectivity index (χ1) is 14.8. The molecule has 2 aromatic carbocycles. The number of fused-ring (bicyclic) bond motifs is 1. The maximum absolute atomic E-state index is 12.8. The lowest BCUT2D eigenvalue weighted by Crippen LogP contribution is -2.53. The molecular formula is C23H25ClN4O3. The van der Waals surface area contributed by atoms with Crippen LogP contribution in [0.1, 0.15) is 18.4 Å². The predicted molar refractivity (Wildman–Crippen MR) is 120 cm³/mol. The Hall–Kier alpha value is -2.74. The van der Waals surface area contributed by atoms with Crippen LogP contribution in [-0.2, 0) is 17.8 Å². The van der Waals surface area contributed by atoms with Crippen LogP contribution in [0.25, 0.3) is 10.9 Å². The molecular weight excluding hydrogens is 416 g/mol. The quantitative estimate of drug-likeness (QED) is 0.631. The average Bonchev–Trinajstić information content (AvgIpc) is 2.76. The molecule has 1 fully saturated rings. The molecule has 3 aromatic rings. The highest BCUT2D eigenvalue weighted by molar-refractivity contribution is 6.31. The minimum absolute atomic E-state index is 0.118. The summed E-state index contributed by atoms with van der Waals surface area (Å²) >= 11 is 5.97. The van der Waals surface area contributed by atoms with Crippen molar-refractivity contribution in [3.63, 3.8) is 0 Å². The van der Waals surface area contributed by atoms with Gasteiger partial charge in [0.15, 0.2) is 0 Å². The van der Waals surface area contributed by atoms with Gasteiger partial charge in [-0.1, -0.05) is 41.9 Å². The summed E-state index contributed by atoms with van der Waals surface area (Å²) in [6.45, 7) is 0.905. The van der Waals surface area contributed by atoms with Crippen LogP contribution in [0.4, 0.5) is 0 Å². The number of hydrogen-bond donors (Lipinski definition) is 2. The molecule has 1 aliphatic heterocycles. The van der Waals surface area contributed by atoms with Gasteiger partial charge in [0, 0.05) is 18.1 Å². The summed E-state index contributed by atoms with van der Waals surface area (Å²) in [7, 11) is 0. The van der Waals surface area contributed by atoms with E-state index < -0.39 is 11.6 Å². The number of carbonyl (C=O) groups is 1. The lowest BCUT2D eigenvalue weighted by Gasteiger charge is -2.39. The lowest BCUT2D eigenvalue weighted by molar-refractivity contribution is -0.137. The van der Waals surface area contributed by atoms with E-state index in [9.17, 15) is 14.7 Å². The molecule has 0 radical (unpaired) electrons. The fourth-order valence-electron chi connectivity index (χ4n) is 4.05. The molecule has 1 atom stereocenters. The second-order valence-corrected chi connectivity index (χ2v) is 8.62. The second-order valence-electron chi connectivity index (χ2n) is 8.18. The third kappa shape index (κ3) is 4.79. The number of rotatable bonds is 5. The molecule has 0 unspecified atom stereocenters. The fraction of sp³-hybridized carbons (Fsp3) is 0.348. The van der Waals surface area contributed by atoms with Gasteiger partial charge in [-0.2, -0.15) is 0 Å². The Bertz CT molecular complexity index is 1140. The van der Waals surface area contributed by atoms with Crippen molar-refractivity contribution in [1.82, 2.24) is 14.5 Å². The zero-order chi connectivity index (χ0) is 22.0. The Kier molecular flexibility index (Phi) is 6.09. The van der Waals surface area contributed by atoms with Crippen LogP contribution in [0.2, 0.25) is 5.02 Å². The van der Waals surface area contributed by atoms with E-state index in [0.717, 1.165) is 5.56 Å². The van der Waals surface area contributed by atoms with Crippen LogP contribution in [0.3, 0.4) is 0 Å². The van der Waals surface area contributed by atoms with Gasteiger partial charge in [-0.3, -0.25) is 14.2 Å². The first-order valence-electron chi connectivity index (χ1n) is 10.3. The first kappa shape index (κ1) is 21.5. The summed E-state index contributed by atoms with van der Waals surface area (Å²) in [4.78, 5) is 31.5. The molecule has 0 saturated carbocycles. The van der Waals surface area contributed by atoms with Crippen molar-refractivity contribution < 1.29 is 9.90 Å². The van der Waals surface area contributed by atoms with Gasteiger partial charge < -0.3 is 15.7 Å². The molecule has 4 rings (SSSR count). The molecule has 7 nitrogen and oxygen atoms in total. The number of nitrogens with two attached hydrogens (primary N) is 1. The number of benzene rings is 2. The van der Waals surface area contributed by atoms with E-state index in [1.165, 1.54) is 10.9 Å². The number of piperidine rings is 1. The number of amides is 1. The zero-order valence-corrected chi connectivity index (χ0v) is 17.8. The van der Waals surface area contributed by atoms with E-state index in [0.29, 0.717) is 48.3 Å².